The molecule has 7 heterocycles. The fraction of sp³-hybridized carbons (Fsp3) is 0.920. The molecule has 0 aliphatic carbocycles. The van der Waals surface area contributed by atoms with Gasteiger partial charge < -0.3 is 222 Å². The predicted octanol–water partition coefficient (Wildman–Crippen LogP) is -7.27. The molecule has 137 heavy (non-hydrogen) atoms. The van der Waals surface area contributed by atoms with Gasteiger partial charge in [0.1, 0.15) is 159 Å². The minimum Gasteiger partial charge on any atom is -0.477 e. The summed E-state index contributed by atoms with van der Waals surface area (Å²) in [5, 5.41) is 286. The van der Waals surface area contributed by atoms with E-state index >= 15 is 0 Å². The van der Waals surface area contributed by atoms with Gasteiger partial charge in [0.25, 0.3) is 17.4 Å². The summed E-state index contributed by atoms with van der Waals surface area (Å²) >= 11 is 0. The lowest BCUT2D eigenvalue weighted by atomic mass is 9.88. The number of aliphatic hydroxyl groups excluding tert-OH is 22. The number of ether oxygens (including phenoxy) is 14. The molecule has 7 fully saturated rings. The van der Waals surface area contributed by atoms with Crippen molar-refractivity contribution < 1.29 is 218 Å². The van der Waals surface area contributed by atoms with E-state index in [4.69, 9.17) is 83.5 Å². The van der Waals surface area contributed by atoms with Crippen LogP contribution in [0.3, 0.4) is 0 Å². The summed E-state index contributed by atoms with van der Waals surface area (Å²) in [5.74, 6) is -18.6. The maximum atomic E-state index is 14.0. The van der Waals surface area contributed by atoms with Crippen LogP contribution in [0.1, 0.15) is 220 Å². The standard InChI is InChI=1S/C88H157N5O44/c1-4-6-8-10-12-14-16-18-19-21-23-25-27-29-31-33-56(107)92-37-51(45(101)32-30-28-26-24-22-20-17-15-13-11-9-7-5-2)124-80-66(113)65(112)70(54(42-98)127-80)129-82-69(116)77(136-87(84(120)121)35-46(102)57(89)72(132-87)61(108)49(105)38-94)71(55(43-99)128-82)130-79-60(93-44(3)100)75(63(110)52(40-96)125-79)131-81-68(115)76(64(111)53(41-97)126-81)135-86(83(118)119)34-47(103)59(91)74(134-86)67(114)78(117)137-88(85(122)123)36-48(104)58(90)73(133-88)62(109)50(106)39-95/h30,32,45-55,57-82,94-99,101-106,108-117H,4-29,31,33-43,89-91H2,1-3H3,(H,92,107)(H,93,100)(H,118,119)(H,120,121)(H,122,123). The number of amides is 2. The second-order valence-corrected chi connectivity index (χ2v) is 36.9. The van der Waals surface area contributed by atoms with Crippen LogP contribution in [-0.4, -0.2) is 447 Å². The van der Waals surface area contributed by atoms with E-state index < -0.39 is 333 Å². The van der Waals surface area contributed by atoms with Crippen LogP contribution in [0.5, 0.6) is 0 Å². The number of carboxylic acid groups (broad SMARTS) is 3. The second kappa shape index (κ2) is 58.6. The summed E-state index contributed by atoms with van der Waals surface area (Å²) in [4.78, 5) is 67.6. The van der Waals surface area contributed by atoms with E-state index in [1.807, 2.05) is 0 Å². The number of aliphatic hydroxyl groups is 22. The van der Waals surface area contributed by atoms with Crippen molar-refractivity contribution in [2.75, 3.05) is 46.2 Å². The van der Waals surface area contributed by atoms with Crippen LogP contribution in [0.15, 0.2) is 12.2 Å². The Balaban J connectivity index is 1.16. The van der Waals surface area contributed by atoms with Gasteiger partial charge in [0.05, 0.1) is 76.1 Å². The Morgan fingerprint density at radius 3 is 1.22 bits per heavy atom. The van der Waals surface area contributed by atoms with Crippen LogP contribution in [0.25, 0.3) is 0 Å². The van der Waals surface area contributed by atoms with Crippen molar-refractivity contribution >= 4 is 29.7 Å². The summed E-state index contributed by atoms with van der Waals surface area (Å²) in [6, 6.07) is -7.81. The van der Waals surface area contributed by atoms with Gasteiger partial charge in [-0.1, -0.05) is 180 Å². The number of allylic oxidation sites excluding steroid dienone is 1. The number of nitrogens with one attached hydrogen (secondary N) is 2. The van der Waals surface area contributed by atoms with Gasteiger partial charge in [-0.2, -0.15) is 0 Å². The molecule has 7 aliphatic heterocycles. The lowest BCUT2D eigenvalue weighted by molar-refractivity contribution is -0.405. The molecule has 798 valence electrons. The first-order chi connectivity index (χ1) is 65.1. The number of rotatable bonds is 62. The topological polar surface area (TPSA) is 822 Å². The molecule has 0 aromatic rings. The first-order valence-electron chi connectivity index (χ1n) is 48.2. The van der Waals surface area contributed by atoms with Crippen LogP contribution in [0.2, 0.25) is 0 Å². The summed E-state index contributed by atoms with van der Waals surface area (Å²) < 4.78 is 83.1. The average molecular weight is 1990 g/mol. The Hall–Kier alpha value is -4.47. The fourth-order valence-corrected chi connectivity index (χ4v) is 18.1. The number of carbonyl (C=O) groups excluding carboxylic acids is 2. The molecule has 0 aromatic heterocycles. The molecule has 0 bridgehead atoms. The highest BCUT2D eigenvalue weighted by Gasteiger charge is 2.65. The number of hydrogen-bond acceptors (Lipinski definition) is 44. The SMILES string of the molecule is CCCCCCCCCCCCCC=CC(O)C(CNC(=O)CCCCCCCCCCCCCCCCC)OC1OC(CO)C(OC2OC(CO)C(OC3OC(CO)C(O)C(OC4OC(CO)C(O)C(OC5(C(=O)O)CC(O)C(N)C(C(O)C(O)OC6(C(=O)O)CC(O)C(N)C(C(O)C(O)CO)O6)O5)C4O)C3NC(C)=O)C(OC3(C(=O)O)CC(O)C(N)C(C(O)C(O)CO)O3)C2O)C(O)C1O. The van der Waals surface area contributed by atoms with E-state index in [1.54, 1.807) is 6.08 Å². The van der Waals surface area contributed by atoms with Gasteiger partial charge in [-0.25, -0.2) is 14.4 Å². The number of carboxylic acids is 3. The Bertz CT molecular complexity index is 3510. The van der Waals surface area contributed by atoms with Crippen LogP contribution >= 0.6 is 0 Å². The van der Waals surface area contributed by atoms with Crippen molar-refractivity contribution in [1.82, 2.24) is 10.6 Å². The van der Waals surface area contributed by atoms with Gasteiger partial charge in [-0.15, -0.1) is 0 Å². The third kappa shape index (κ3) is 32.8. The molecule has 40 unspecified atom stereocenters. The number of hydrogen-bond donors (Lipinski definition) is 30. The first kappa shape index (κ1) is 119. The third-order valence-corrected chi connectivity index (χ3v) is 26.3. The van der Waals surface area contributed by atoms with Gasteiger partial charge in [-0.05, 0) is 19.3 Å². The molecule has 7 saturated heterocycles. The third-order valence-electron chi connectivity index (χ3n) is 26.3. The molecule has 0 spiro atoms. The highest BCUT2D eigenvalue weighted by atomic mass is 16.8. The molecular weight excluding hydrogens is 1830 g/mol. The van der Waals surface area contributed by atoms with E-state index in [9.17, 15) is 152 Å². The molecule has 49 nitrogen and oxygen atoms in total. The minimum absolute atomic E-state index is 0.118. The highest BCUT2D eigenvalue weighted by Crippen LogP contribution is 2.44. The van der Waals surface area contributed by atoms with E-state index in [0.29, 0.717) is 12.8 Å². The largest absolute Gasteiger partial charge is 0.477 e. The second-order valence-electron chi connectivity index (χ2n) is 36.9. The lowest BCUT2D eigenvalue weighted by Crippen LogP contribution is -2.72. The number of aliphatic carboxylic acids is 3. The monoisotopic (exact) mass is 1990 g/mol. The number of nitrogens with two attached hydrogens (primary N) is 3. The molecule has 33 N–H and O–H groups in total. The van der Waals surface area contributed by atoms with E-state index in [1.165, 1.54) is 96.0 Å². The molecule has 7 aliphatic rings. The predicted molar refractivity (Wildman–Crippen MR) is 467 cm³/mol. The Labute approximate surface area is 794 Å². The zero-order valence-corrected chi connectivity index (χ0v) is 78.1. The van der Waals surface area contributed by atoms with Gasteiger partial charge in [0.15, 0.2) is 31.5 Å². The summed E-state index contributed by atoms with van der Waals surface area (Å²) in [6.45, 7) is -2.71. The molecule has 49 heteroatoms. The Kier molecular flexibility index (Phi) is 51.1. The van der Waals surface area contributed by atoms with Crippen molar-refractivity contribution in [2.45, 2.75) is 464 Å². The van der Waals surface area contributed by atoms with Gasteiger partial charge >= 0.3 is 17.9 Å². The Morgan fingerprint density at radius 2 is 0.781 bits per heavy atom. The van der Waals surface area contributed by atoms with Gasteiger partial charge in [0.2, 0.25) is 11.8 Å². The van der Waals surface area contributed by atoms with Crippen LogP contribution in [0.4, 0.5) is 0 Å². The molecule has 40 atom stereocenters. The van der Waals surface area contributed by atoms with Gasteiger partial charge in [0, 0.05) is 39.2 Å². The van der Waals surface area contributed by atoms with Crippen molar-refractivity contribution in [3.63, 3.8) is 0 Å². The molecule has 0 radical (unpaired) electrons. The highest BCUT2D eigenvalue weighted by molar-refractivity contribution is 5.77. The maximum Gasteiger partial charge on any atom is 0.364 e. The molecule has 0 aromatic carbocycles. The average Bonchev–Trinajstić information content (AvgIpc) is 0.748. The lowest BCUT2D eigenvalue weighted by Gasteiger charge is -2.53. The number of carbonyl (C=O) groups is 5. The van der Waals surface area contributed by atoms with Crippen LogP contribution in [0, 0.1) is 0 Å². The molecule has 7 rings (SSSR count). The van der Waals surface area contributed by atoms with Crippen molar-refractivity contribution in [1.29, 1.82) is 0 Å². The molecular formula is C88H157N5O44. The van der Waals surface area contributed by atoms with Gasteiger partial charge in [-0.3, -0.25) is 9.59 Å². The van der Waals surface area contributed by atoms with Crippen LogP contribution < -0.4 is 27.8 Å². The van der Waals surface area contributed by atoms with E-state index in [2.05, 4.69) is 24.5 Å². The normalized spacial score (nSPS) is 37.4. The molecule has 2 amide bonds. The van der Waals surface area contributed by atoms with Crippen molar-refractivity contribution in [3.05, 3.63) is 12.2 Å². The zero-order valence-electron chi connectivity index (χ0n) is 78.1. The number of unbranched alkanes of at least 4 members (excludes halogenated alkanes) is 25. The fourth-order valence-electron chi connectivity index (χ4n) is 18.1. The maximum absolute atomic E-state index is 14.0. The van der Waals surface area contributed by atoms with E-state index in [0.717, 1.165) is 77.6 Å². The Morgan fingerprint density at radius 1 is 0.416 bits per heavy atom. The minimum atomic E-state index is -3.54. The summed E-state index contributed by atoms with van der Waals surface area (Å²) in [5.41, 5.74) is 18.3. The quantitative estimate of drug-likeness (QED) is 0.0153. The smallest absolute Gasteiger partial charge is 0.364 e. The molecule has 0 saturated carbocycles. The van der Waals surface area contributed by atoms with E-state index in [-0.39, 0.29) is 13.0 Å². The summed E-state index contributed by atoms with van der Waals surface area (Å²) in [7, 11) is 0. The zero-order chi connectivity index (χ0) is 101. The van der Waals surface area contributed by atoms with Crippen LogP contribution in [-0.2, 0) is 90.3 Å². The first-order valence-corrected chi connectivity index (χ1v) is 48.2. The van der Waals surface area contributed by atoms with Crippen molar-refractivity contribution in [2.24, 2.45) is 17.2 Å². The van der Waals surface area contributed by atoms with Crippen molar-refractivity contribution in [3.8, 4) is 0 Å². The summed E-state index contributed by atoms with van der Waals surface area (Å²) in [6.07, 6.45) is -46.9.